The van der Waals surface area contributed by atoms with Gasteiger partial charge in [-0.15, -0.1) is 0 Å². The molecule has 2 rings (SSSR count). The van der Waals surface area contributed by atoms with Crippen molar-refractivity contribution in [1.82, 2.24) is 9.97 Å². The summed E-state index contributed by atoms with van der Waals surface area (Å²) in [5, 5.41) is 4.50. The summed E-state index contributed by atoms with van der Waals surface area (Å²) >= 11 is 0. The summed E-state index contributed by atoms with van der Waals surface area (Å²) in [5.41, 5.74) is 0.999. The molecule has 0 fully saturated rings. The summed E-state index contributed by atoms with van der Waals surface area (Å²) < 4.78 is 0. The monoisotopic (exact) mass is 229 g/mol. The molecule has 0 aliphatic carbocycles. The van der Waals surface area contributed by atoms with Gasteiger partial charge in [0.05, 0.1) is 5.52 Å². The van der Waals surface area contributed by atoms with Gasteiger partial charge in [-0.1, -0.05) is 38.3 Å². The number of fused-ring (bicyclic) bond motifs is 1. The molecule has 1 heterocycles. The third kappa shape index (κ3) is 3.16. The fourth-order valence-electron chi connectivity index (χ4n) is 1.90. The van der Waals surface area contributed by atoms with Crippen molar-refractivity contribution in [1.29, 1.82) is 0 Å². The SMILES string of the molecule is CCCCCCNc1ncnc2ccccc12. The van der Waals surface area contributed by atoms with Crippen LogP contribution in [-0.2, 0) is 0 Å². The van der Waals surface area contributed by atoms with Gasteiger partial charge >= 0.3 is 0 Å². The summed E-state index contributed by atoms with van der Waals surface area (Å²) in [7, 11) is 0. The fourth-order valence-corrected chi connectivity index (χ4v) is 1.90. The fraction of sp³-hybridized carbons (Fsp3) is 0.429. The molecular formula is C14H19N3. The molecule has 17 heavy (non-hydrogen) atoms. The maximum Gasteiger partial charge on any atom is 0.137 e. The molecule has 0 saturated heterocycles. The highest BCUT2D eigenvalue weighted by molar-refractivity contribution is 5.88. The minimum atomic E-state index is 0.951. The molecule has 0 atom stereocenters. The predicted octanol–water partition coefficient (Wildman–Crippen LogP) is 3.62. The lowest BCUT2D eigenvalue weighted by atomic mass is 10.2. The van der Waals surface area contributed by atoms with Crippen molar-refractivity contribution in [2.24, 2.45) is 0 Å². The van der Waals surface area contributed by atoms with E-state index in [0.29, 0.717) is 0 Å². The van der Waals surface area contributed by atoms with Crippen LogP contribution in [0.2, 0.25) is 0 Å². The molecule has 3 nitrogen and oxygen atoms in total. The highest BCUT2D eigenvalue weighted by atomic mass is 15.0. The van der Waals surface area contributed by atoms with Gasteiger partial charge in [-0.2, -0.15) is 0 Å². The molecule has 0 aliphatic heterocycles. The van der Waals surface area contributed by atoms with E-state index in [9.17, 15) is 0 Å². The lowest BCUT2D eigenvalue weighted by Gasteiger charge is -2.07. The second-order valence-corrected chi connectivity index (χ2v) is 4.23. The van der Waals surface area contributed by atoms with Gasteiger partial charge in [0, 0.05) is 11.9 Å². The first-order valence-corrected chi connectivity index (χ1v) is 6.35. The van der Waals surface area contributed by atoms with E-state index in [1.807, 2.05) is 18.2 Å². The van der Waals surface area contributed by atoms with E-state index in [-0.39, 0.29) is 0 Å². The van der Waals surface area contributed by atoms with Gasteiger partial charge in [-0.3, -0.25) is 0 Å². The first-order valence-electron chi connectivity index (χ1n) is 6.35. The molecule has 0 bridgehead atoms. The van der Waals surface area contributed by atoms with Crippen molar-refractivity contribution in [2.45, 2.75) is 32.6 Å². The van der Waals surface area contributed by atoms with Gasteiger partial charge in [0.1, 0.15) is 12.1 Å². The van der Waals surface area contributed by atoms with Crippen LogP contribution in [0.25, 0.3) is 10.9 Å². The van der Waals surface area contributed by atoms with Crippen molar-refractivity contribution < 1.29 is 0 Å². The van der Waals surface area contributed by atoms with Gasteiger partial charge in [-0.25, -0.2) is 9.97 Å². The van der Waals surface area contributed by atoms with E-state index in [4.69, 9.17) is 0 Å². The van der Waals surface area contributed by atoms with Crippen LogP contribution in [0.3, 0.4) is 0 Å². The van der Waals surface area contributed by atoms with Crippen LogP contribution >= 0.6 is 0 Å². The number of anilines is 1. The summed E-state index contributed by atoms with van der Waals surface area (Å²) in [6, 6.07) is 8.09. The first kappa shape index (κ1) is 11.8. The molecule has 1 aromatic heterocycles. The summed E-state index contributed by atoms with van der Waals surface area (Å²) in [5.74, 6) is 0.951. The van der Waals surface area contributed by atoms with Gasteiger partial charge in [0.25, 0.3) is 0 Å². The molecule has 0 spiro atoms. The Kier molecular flexibility index (Phi) is 4.30. The smallest absolute Gasteiger partial charge is 0.137 e. The second kappa shape index (κ2) is 6.18. The zero-order valence-corrected chi connectivity index (χ0v) is 10.3. The molecule has 0 aliphatic rings. The molecule has 0 radical (unpaired) electrons. The molecule has 1 N–H and O–H groups in total. The van der Waals surface area contributed by atoms with Crippen LogP contribution in [0.4, 0.5) is 5.82 Å². The highest BCUT2D eigenvalue weighted by Gasteiger charge is 2.01. The summed E-state index contributed by atoms with van der Waals surface area (Å²) in [4.78, 5) is 8.55. The average Bonchev–Trinajstić information content (AvgIpc) is 2.39. The Morgan fingerprint density at radius 3 is 2.82 bits per heavy atom. The van der Waals surface area contributed by atoms with Gasteiger partial charge in [0.2, 0.25) is 0 Å². The maximum absolute atomic E-state index is 4.30. The molecular weight excluding hydrogens is 210 g/mol. The Hall–Kier alpha value is -1.64. The maximum atomic E-state index is 4.30. The third-order valence-corrected chi connectivity index (χ3v) is 2.87. The second-order valence-electron chi connectivity index (χ2n) is 4.23. The third-order valence-electron chi connectivity index (χ3n) is 2.87. The zero-order chi connectivity index (χ0) is 11.9. The van der Waals surface area contributed by atoms with Crippen molar-refractivity contribution in [3.05, 3.63) is 30.6 Å². The lowest BCUT2D eigenvalue weighted by molar-refractivity contribution is 0.684. The number of nitrogens with zero attached hydrogens (tertiary/aromatic N) is 2. The van der Waals surface area contributed by atoms with Crippen LogP contribution in [0, 0.1) is 0 Å². The van der Waals surface area contributed by atoms with Gasteiger partial charge in [0.15, 0.2) is 0 Å². The topological polar surface area (TPSA) is 37.8 Å². The van der Waals surface area contributed by atoms with Crippen LogP contribution in [0.1, 0.15) is 32.6 Å². The largest absolute Gasteiger partial charge is 0.369 e. The predicted molar refractivity (Wildman–Crippen MR) is 72.2 cm³/mol. The van der Waals surface area contributed by atoms with E-state index in [2.05, 4.69) is 28.3 Å². The number of rotatable bonds is 6. The lowest BCUT2D eigenvalue weighted by Crippen LogP contribution is -2.04. The molecule has 2 aromatic rings. The molecule has 0 unspecified atom stereocenters. The van der Waals surface area contributed by atoms with Gasteiger partial charge in [-0.05, 0) is 18.6 Å². The van der Waals surface area contributed by atoms with Crippen molar-refractivity contribution in [2.75, 3.05) is 11.9 Å². The molecule has 1 aromatic carbocycles. The van der Waals surface area contributed by atoms with Crippen molar-refractivity contribution >= 4 is 16.7 Å². The number of benzene rings is 1. The Balaban J connectivity index is 1.98. The number of nitrogens with one attached hydrogen (secondary N) is 1. The van der Waals surface area contributed by atoms with Crippen LogP contribution in [-0.4, -0.2) is 16.5 Å². The number of aromatic nitrogens is 2. The average molecular weight is 229 g/mol. The van der Waals surface area contributed by atoms with Crippen molar-refractivity contribution in [3.8, 4) is 0 Å². The Morgan fingerprint density at radius 2 is 1.94 bits per heavy atom. The summed E-state index contributed by atoms with van der Waals surface area (Å²) in [6.45, 7) is 3.21. The number of hydrogen-bond acceptors (Lipinski definition) is 3. The van der Waals surface area contributed by atoms with Crippen molar-refractivity contribution in [3.63, 3.8) is 0 Å². The minimum absolute atomic E-state index is 0.951. The van der Waals surface area contributed by atoms with Crippen LogP contribution in [0.5, 0.6) is 0 Å². The molecule has 3 heteroatoms. The van der Waals surface area contributed by atoms with E-state index in [1.165, 1.54) is 25.7 Å². The molecule has 0 saturated carbocycles. The highest BCUT2D eigenvalue weighted by Crippen LogP contribution is 2.18. The van der Waals surface area contributed by atoms with E-state index >= 15 is 0 Å². The van der Waals surface area contributed by atoms with Gasteiger partial charge < -0.3 is 5.32 Å². The standard InChI is InChI=1S/C14H19N3/c1-2-3-4-7-10-15-14-12-8-5-6-9-13(12)16-11-17-14/h5-6,8-9,11H,2-4,7,10H2,1H3,(H,15,16,17). The number of para-hydroxylation sites is 1. The minimum Gasteiger partial charge on any atom is -0.369 e. The Bertz CT molecular complexity index is 462. The molecule has 90 valence electrons. The Labute approximate surface area is 102 Å². The van der Waals surface area contributed by atoms with E-state index in [1.54, 1.807) is 6.33 Å². The normalized spacial score (nSPS) is 10.6. The van der Waals surface area contributed by atoms with E-state index in [0.717, 1.165) is 23.3 Å². The van der Waals surface area contributed by atoms with E-state index < -0.39 is 0 Å². The number of hydrogen-bond donors (Lipinski definition) is 1. The van der Waals surface area contributed by atoms with Crippen LogP contribution in [0.15, 0.2) is 30.6 Å². The Morgan fingerprint density at radius 1 is 1.06 bits per heavy atom. The zero-order valence-electron chi connectivity index (χ0n) is 10.3. The first-order chi connectivity index (χ1) is 8.42. The number of unbranched alkanes of at least 4 members (excludes halogenated alkanes) is 3. The van der Waals surface area contributed by atoms with Crippen LogP contribution < -0.4 is 5.32 Å². The molecule has 0 amide bonds. The summed E-state index contributed by atoms with van der Waals surface area (Å²) in [6.07, 6.45) is 6.69. The quantitative estimate of drug-likeness (QED) is 0.769.